The normalized spacial score (nSPS) is 17.5. The van der Waals surface area contributed by atoms with E-state index in [1.807, 2.05) is 19.1 Å². The largest absolute Gasteiger partial charge is 0.358 e. The highest BCUT2D eigenvalue weighted by molar-refractivity contribution is 5.80. The van der Waals surface area contributed by atoms with E-state index in [0.717, 1.165) is 24.1 Å². The maximum atomic E-state index is 11.9. The summed E-state index contributed by atoms with van der Waals surface area (Å²) in [6.07, 6.45) is 1.54. The van der Waals surface area contributed by atoms with Gasteiger partial charge in [-0.05, 0) is 30.4 Å². The van der Waals surface area contributed by atoms with Gasteiger partial charge in [-0.2, -0.15) is 0 Å². The number of hydrogen-bond acceptors (Lipinski definition) is 3. The van der Waals surface area contributed by atoms with Crippen molar-refractivity contribution in [2.24, 2.45) is 5.92 Å². The molecule has 0 spiro atoms. The average Bonchev–Trinajstić information content (AvgIpc) is 3.18. The third kappa shape index (κ3) is 4.96. The van der Waals surface area contributed by atoms with Crippen LogP contribution >= 0.6 is 0 Å². The maximum absolute atomic E-state index is 11.9. The van der Waals surface area contributed by atoms with Gasteiger partial charge in [0.2, 0.25) is 0 Å². The molecule has 6 nitrogen and oxygen atoms in total. The number of para-hydroxylation sites is 1. The van der Waals surface area contributed by atoms with E-state index in [-0.39, 0.29) is 11.9 Å². The fraction of sp³-hybridized carbons (Fsp3) is 0.526. The molecule has 3 N–H and O–H groups in total. The van der Waals surface area contributed by atoms with Crippen molar-refractivity contribution in [3.05, 3.63) is 36.0 Å². The van der Waals surface area contributed by atoms with Gasteiger partial charge in [-0.3, -0.25) is 0 Å². The van der Waals surface area contributed by atoms with E-state index < -0.39 is 5.79 Å². The summed E-state index contributed by atoms with van der Waals surface area (Å²) in [5, 5.41) is 7.01. The minimum atomic E-state index is -0.507. The molecule has 3 rings (SSSR count). The highest BCUT2D eigenvalue weighted by Crippen LogP contribution is 2.26. The van der Waals surface area contributed by atoms with Gasteiger partial charge in [0.1, 0.15) is 0 Å². The van der Waals surface area contributed by atoms with Gasteiger partial charge in [0.25, 0.3) is 0 Å². The van der Waals surface area contributed by atoms with Gasteiger partial charge in [0, 0.05) is 37.1 Å². The molecule has 2 heterocycles. The Bertz CT molecular complexity index is 674. The highest BCUT2D eigenvalue weighted by Gasteiger charge is 2.32. The van der Waals surface area contributed by atoms with E-state index >= 15 is 0 Å². The molecule has 1 aliphatic rings. The molecular weight excluding hydrogens is 318 g/mol. The number of benzene rings is 1. The van der Waals surface area contributed by atoms with Crippen LogP contribution in [-0.2, 0) is 15.9 Å². The van der Waals surface area contributed by atoms with Crippen LogP contribution in [0.15, 0.2) is 30.3 Å². The molecule has 1 fully saturated rings. The molecule has 0 radical (unpaired) electrons. The Kier molecular flexibility index (Phi) is 5.60. The zero-order valence-electron chi connectivity index (χ0n) is 14.9. The van der Waals surface area contributed by atoms with E-state index in [2.05, 4.69) is 40.7 Å². The summed E-state index contributed by atoms with van der Waals surface area (Å²) < 4.78 is 11.2. The van der Waals surface area contributed by atoms with Crippen LogP contribution < -0.4 is 10.6 Å². The molecule has 0 bridgehead atoms. The molecule has 2 aromatic rings. The Hall–Kier alpha value is -2.05. The van der Waals surface area contributed by atoms with E-state index in [9.17, 15) is 4.79 Å². The van der Waals surface area contributed by atoms with Gasteiger partial charge in [0.15, 0.2) is 5.79 Å². The first kappa shape index (κ1) is 17.8. The number of amides is 2. The fourth-order valence-corrected chi connectivity index (χ4v) is 3.29. The third-order valence-corrected chi connectivity index (χ3v) is 4.49. The lowest BCUT2D eigenvalue weighted by atomic mass is 10.0. The highest BCUT2D eigenvalue weighted by atomic mass is 16.7. The summed E-state index contributed by atoms with van der Waals surface area (Å²) in [4.78, 5) is 15.3. The molecule has 1 aliphatic heterocycles. The lowest BCUT2D eigenvalue weighted by Gasteiger charge is -2.26. The molecule has 136 valence electrons. The summed E-state index contributed by atoms with van der Waals surface area (Å²) in [6.45, 7) is 6.52. The summed E-state index contributed by atoms with van der Waals surface area (Å²) in [7, 11) is 0. The summed E-state index contributed by atoms with van der Waals surface area (Å²) in [5.41, 5.74) is 2.25. The van der Waals surface area contributed by atoms with Crippen LogP contribution in [0.3, 0.4) is 0 Å². The van der Waals surface area contributed by atoms with Gasteiger partial charge in [0.05, 0.1) is 13.2 Å². The van der Waals surface area contributed by atoms with Crippen molar-refractivity contribution in [1.29, 1.82) is 0 Å². The molecule has 1 atom stereocenters. The Morgan fingerprint density at radius 1 is 1.28 bits per heavy atom. The zero-order chi connectivity index (χ0) is 17.7. The number of carbonyl (C=O) groups excluding carboxylic acids is 1. The molecule has 2 amide bonds. The van der Waals surface area contributed by atoms with Crippen molar-refractivity contribution < 1.29 is 14.3 Å². The second kappa shape index (κ2) is 7.89. The summed E-state index contributed by atoms with van der Waals surface area (Å²) in [6, 6.07) is 10.2. The molecule has 0 saturated carbocycles. The number of aromatic amines is 1. The minimum Gasteiger partial charge on any atom is -0.358 e. The zero-order valence-corrected chi connectivity index (χ0v) is 14.9. The molecule has 1 aromatic carbocycles. The van der Waals surface area contributed by atoms with E-state index in [0.29, 0.717) is 26.3 Å². The van der Waals surface area contributed by atoms with Crippen molar-refractivity contribution in [2.75, 3.05) is 26.3 Å². The summed E-state index contributed by atoms with van der Waals surface area (Å²) in [5.74, 6) is -0.227. The average molecular weight is 345 g/mol. The van der Waals surface area contributed by atoms with Crippen LogP contribution in [0.2, 0.25) is 0 Å². The van der Waals surface area contributed by atoms with Crippen molar-refractivity contribution >= 4 is 16.9 Å². The number of ether oxygens (including phenoxy) is 2. The van der Waals surface area contributed by atoms with Crippen LogP contribution in [0, 0.1) is 5.92 Å². The van der Waals surface area contributed by atoms with Crippen LogP contribution in [0.1, 0.15) is 26.0 Å². The first-order valence-corrected chi connectivity index (χ1v) is 8.90. The monoisotopic (exact) mass is 345 g/mol. The van der Waals surface area contributed by atoms with Gasteiger partial charge < -0.3 is 25.1 Å². The van der Waals surface area contributed by atoms with Crippen molar-refractivity contribution in [3.8, 4) is 0 Å². The standard InChI is InChI=1S/C19H27N3O3/c1-14(12-19(2)24-9-10-25-19)13-21-18(23)20-8-7-16-11-15-5-3-4-6-17(15)22-16/h3-6,11,14,22H,7-10,12-13H2,1-2H3,(H2,20,21,23). The van der Waals surface area contributed by atoms with E-state index in [1.165, 1.54) is 5.39 Å². The molecule has 1 aromatic heterocycles. The lowest BCUT2D eigenvalue weighted by molar-refractivity contribution is -0.153. The number of carbonyl (C=O) groups is 1. The predicted octanol–water partition coefficient (Wildman–Crippen LogP) is 2.80. The van der Waals surface area contributed by atoms with Crippen molar-refractivity contribution in [1.82, 2.24) is 15.6 Å². The molecule has 6 heteroatoms. The predicted molar refractivity (Wildman–Crippen MR) is 97.5 cm³/mol. The quantitative estimate of drug-likeness (QED) is 0.722. The first-order chi connectivity index (χ1) is 12.0. The molecular formula is C19H27N3O3. The van der Waals surface area contributed by atoms with Crippen LogP contribution in [0.25, 0.3) is 10.9 Å². The topological polar surface area (TPSA) is 75.4 Å². The Labute approximate surface area is 148 Å². The third-order valence-electron chi connectivity index (χ3n) is 4.49. The number of aromatic nitrogens is 1. The SMILES string of the molecule is CC(CNC(=O)NCCc1cc2ccccc2[nH]1)CC1(C)OCCO1. The Morgan fingerprint density at radius 3 is 2.80 bits per heavy atom. The van der Waals surface area contributed by atoms with Crippen molar-refractivity contribution in [2.45, 2.75) is 32.5 Å². The minimum absolute atomic E-state index is 0.138. The number of hydrogen-bond donors (Lipinski definition) is 3. The van der Waals surface area contributed by atoms with Crippen molar-refractivity contribution in [3.63, 3.8) is 0 Å². The van der Waals surface area contributed by atoms with E-state index in [4.69, 9.17) is 9.47 Å². The number of rotatable bonds is 7. The number of nitrogens with one attached hydrogen (secondary N) is 3. The molecule has 1 saturated heterocycles. The van der Waals surface area contributed by atoms with Crippen LogP contribution in [-0.4, -0.2) is 43.1 Å². The molecule has 1 unspecified atom stereocenters. The van der Waals surface area contributed by atoms with Crippen LogP contribution in [0.5, 0.6) is 0 Å². The van der Waals surface area contributed by atoms with Crippen LogP contribution in [0.4, 0.5) is 4.79 Å². The van der Waals surface area contributed by atoms with E-state index in [1.54, 1.807) is 0 Å². The second-order valence-electron chi connectivity index (χ2n) is 6.91. The fourth-order valence-electron chi connectivity index (χ4n) is 3.29. The smallest absolute Gasteiger partial charge is 0.314 e. The Balaban J connectivity index is 1.35. The number of H-pyrrole nitrogens is 1. The first-order valence-electron chi connectivity index (χ1n) is 8.90. The molecule has 25 heavy (non-hydrogen) atoms. The molecule has 0 aliphatic carbocycles. The second-order valence-corrected chi connectivity index (χ2v) is 6.91. The van der Waals surface area contributed by atoms with Gasteiger partial charge in [-0.25, -0.2) is 4.79 Å². The van der Waals surface area contributed by atoms with Gasteiger partial charge in [-0.1, -0.05) is 25.1 Å². The lowest BCUT2D eigenvalue weighted by Crippen LogP contribution is -2.40. The van der Waals surface area contributed by atoms with Gasteiger partial charge >= 0.3 is 6.03 Å². The summed E-state index contributed by atoms with van der Waals surface area (Å²) >= 11 is 0. The number of fused-ring (bicyclic) bond motifs is 1. The number of urea groups is 1. The Morgan fingerprint density at radius 2 is 2.04 bits per heavy atom. The maximum Gasteiger partial charge on any atom is 0.314 e. The van der Waals surface area contributed by atoms with Gasteiger partial charge in [-0.15, -0.1) is 0 Å².